The van der Waals surface area contributed by atoms with Crippen LogP contribution in [0.4, 0.5) is 0 Å². The van der Waals surface area contributed by atoms with Gasteiger partial charge in [0.05, 0.1) is 49.2 Å². The molecule has 0 unspecified atom stereocenters. The number of ketones is 1. The van der Waals surface area contributed by atoms with Crippen LogP contribution in [-0.2, 0) is 27.5 Å². The van der Waals surface area contributed by atoms with Crippen molar-refractivity contribution >= 4 is 56.7 Å². The number of rotatable bonds is 15. The first-order chi connectivity index (χ1) is 20.9. The van der Waals surface area contributed by atoms with E-state index in [-0.39, 0.29) is 44.3 Å². The van der Waals surface area contributed by atoms with Gasteiger partial charge in [-0.1, -0.05) is 25.4 Å². The number of halogens is 1. The van der Waals surface area contributed by atoms with Crippen molar-refractivity contribution in [1.29, 1.82) is 0 Å². The number of aliphatic carboxylic acids is 2. The molecule has 0 aliphatic carbocycles. The van der Waals surface area contributed by atoms with Crippen molar-refractivity contribution in [2.75, 3.05) is 27.4 Å². The molecule has 1 aromatic heterocycles. The Kier molecular flexibility index (Phi) is 10.6. The summed E-state index contributed by atoms with van der Waals surface area (Å²) in [6.45, 7) is 4.08. The number of fused-ring (bicyclic) bond motifs is 2. The first-order valence-electron chi connectivity index (χ1n) is 13.9. The number of benzene rings is 2. The Bertz CT molecular complexity index is 1590. The number of Topliss-reactive ketones (excluding diaryl/α,β-unsaturated/α-hetero) is 1. The van der Waals surface area contributed by atoms with Crippen molar-refractivity contribution in [3.05, 3.63) is 45.3 Å². The second kappa shape index (κ2) is 14.2. The van der Waals surface area contributed by atoms with E-state index < -0.39 is 23.8 Å². The van der Waals surface area contributed by atoms with Gasteiger partial charge in [-0.2, -0.15) is 0 Å². The molecule has 2 N–H and O–H groups in total. The lowest BCUT2D eigenvalue weighted by molar-refractivity contribution is -0.145. The molecular weight excluding hydrogens is 614 g/mol. The number of hydrogen-bond donors (Lipinski definition) is 2. The second-order valence-electron chi connectivity index (χ2n) is 10.6. The van der Waals surface area contributed by atoms with E-state index in [2.05, 4.69) is 0 Å². The van der Waals surface area contributed by atoms with Crippen molar-refractivity contribution in [2.24, 2.45) is 11.8 Å². The summed E-state index contributed by atoms with van der Waals surface area (Å²) in [7, 11) is 3.02. The number of carboxylic acid groups (broad SMARTS) is 2. The molecule has 0 spiro atoms. The first kappa shape index (κ1) is 32.9. The van der Waals surface area contributed by atoms with Gasteiger partial charge in [0.2, 0.25) is 5.91 Å². The SMILES string of the molecule is COc1cc2sc(C(=O)C[C@H](C)C(=O)O)cc2cc1OCCCOc1c(OC)cc2c(c1Cl)CN(C(=O)C[C@H](C)C(=O)O)C2. The lowest BCUT2D eigenvalue weighted by Gasteiger charge is -2.17. The number of carbonyl (C=O) groups excluding carboxylic acids is 2. The van der Waals surface area contributed by atoms with E-state index in [9.17, 15) is 19.2 Å². The highest BCUT2D eigenvalue weighted by atomic mass is 35.5. The normalized spacial score (nSPS) is 13.7. The number of carboxylic acids is 2. The van der Waals surface area contributed by atoms with Gasteiger partial charge in [-0.15, -0.1) is 11.3 Å². The Hall–Kier alpha value is -4.03. The van der Waals surface area contributed by atoms with E-state index in [0.29, 0.717) is 45.9 Å². The summed E-state index contributed by atoms with van der Waals surface area (Å²) < 4.78 is 23.8. The molecule has 1 aliphatic heterocycles. The Labute approximate surface area is 263 Å². The molecule has 1 aliphatic rings. The number of thiophene rings is 1. The molecule has 11 nitrogen and oxygen atoms in total. The molecule has 0 radical (unpaired) electrons. The van der Waals surface area contributed by atoms with Crippen LogP contribution in [0.25, 0.3) is 10.1 Å². The van der Waals surface area contributed by atoms with Crippen molar-refractivity contribution < 1.29 is 48.3 Å². The Morgan fingerprint density at radius 2 is 1.55 bits per heavy atom. The molecule has 2 aromatic carbocycles. The number of hydrogen-bond acceptors (Lipinski definition) is 9. The quantitative estimate of drug-likeness (QED) is 0.156. The number of ether oxygens (including phenoxy) is 4. The highest BCUT2D eigenvalue weighted by Gasteiger charge is 2.30. The third-order valence-corrected chi connectivity index (χ3v) is 8.89. The zero-order valence-corrected chi connectivity index (χ0v) is 26.4. The first-order valence-corrected chi connectivity index (χ1v) is 15.1. The predicted octanol–water partition coefficient (Wildman–Crippen LogP) is 5.67. The number of nitrogens with zero attached hydrogens (tertiary/aromatic N) is 1. The van der Waals surface area contributed by atoms with Crippen molar-refractivity contribution in [3.63, 3.8) is 0 Å². The number of carbonyl (C=O) groups is 4. The summed E-state index contributed by atoms with van der Waals surface area (Å²) in [6, 6.07) is 7.08. The van der Waals surface area contributed by atoms with Gasteiger partial charge < -0.3 is 34.1 Å². The summed E-state index contributed by atoms with van der Waals surface area (Å²) in [5, 5.41) is 19.4. The fourth-order valence-corrected chi connectivity index (χ4v) is 6.09. The largest absolute Gasteiger partial charge is 0.493 e. The van der Waals surface area contributed by atoms with Crippen LogP contribution in [-0.4, -0.2) is 66.2 Å². The minimum Gasteiger partial charge on any atom is -0.493 e. The maximum atomic E-state index is 12.7. The molecule has 13 heteroatoms. The Balaban J connectivity index is 1.37. The van der Waals surface area contributed by atoms with Gasteiger partial charge in [0, 0.05) is 43.1 Å². The predicted molar refractivity (Wildman–Crippen MR) is 163 cm³/mol. The average molecular weight is 648 g/mol. The minimum atomic E-state index is -1.02. The lowest BCUT2D eigenvalue weighted by atomic mass is 10.0. The van der Waals surface area contributed by atoms with Gasteiger partial charge in [-0.05, 0) is 34.7 Å². The van der Waals surface area contributed by atoms with Crippen molar-refractivity contribution in [1.82, 2.24) is 4.90 Å². The van der Waals surface area contributed by atoms with Crippen LogP contribution in [0.5, 0.6) is 23.0 Å². The van der Waals surface area contributed by atoms with E-state index in [1.165, 1.54) is 39.4 Å². The monoisotopic (exact) mass is 647 g/mol. The summed E-state index contributed by atoms with van der Waals surface area (Å²) in [6.07, 6.45) is 0.303. The smallest absolute Gasteiger partial charge is 0.306 e. The Morgan fingerprint density at radius 1 is 0.886 bits per heavy atom. The van der Waals surface area contributed by atoms with Crippen LogP contribution in [0.1, 0.15) is 53.9 Å². The molecule has 0 bridgehead atoms. The third kappa shape index (κ3) is 7.36. The molecule has 1 amide bonds. The van der Waals surface area contributed by atoms with Crippen LogP contribution in [0.2, 0.25) is 5.02 Å². The van der Waals surface area contributed by atoms with Gasteiger partial charge in [0.15, 0.2) is 28.8 Å². The molecule has 2 atom stereocenters. The fourth-order valence-electron chi connectivity index (χ4n) is 4.74. The van der Waals surface area contributed by atoms with Gasteiger partial charge in [-0.3, -0.25) is 19.2 Å². The number of amides is 1. The van der Waals surface area contributed by atoms with Crippen LogP contribution >= 0.6 is 22.9 Å². The maximum absolute atomic E-state index is 12.7. The van der Waals surface area contributed by atoms with E-state index in [0.717, 1.165) is 21.2 Å². The fraction of sp³-hybridized carbons (Fsp3) is 0.419. The van der Waals surface area contributed by atoms with Crippen LogP contribution in [0.3, 0.4) is 0 Å². The van der Waals surface area contributed by atoms with Gasteiger partial charge in [-0.25, -0.2) is 0 Å². The van der Waals surface area contributed by atoms with E-state index in [1.807, 2.05) is 0 Å². The molecule has 2 heterocycles. The van der Waals surface area contributed by atoms with E-state index >= 15 is 0 Å². The molecule has 44 heavy (non-hydrogen) atoms. The van der Waals surface area contributed by atoms with E-state index in [1.54, 1.807) is 29.2 Å². The molecule has 3 aromatic rings. The van der Waals surface area contributed by atoms with Crippen LogP contribution in [0, 0.1) is 11.8 Å². The topological polar surface area (TPSA) is 149 Å². The number of methoxy groups -OCH3 is 2. The van der Waals surface area contributed by atoms with Crippen LogP contribution in [0.15, 0.2) is 24.3 Å². The van der Waals surface area contributed by atoms with Crippen LogP contribution < -0.4 is 18.9 Å². The average Bonchev–Trinajstić information content (AvgIpc) is 3.61. The Morgan fingerprint density at radius 3 is 2.20 bits per heavy atom. The molecule has 0 saturated carbocycles. The summed E-state index contributed by atoms with van der Waals surface area (Å²) in [5.74, 6) is -2.32. The highest BCUT2D eigenvalue weighted by Crippen LogP contribution is 2.43. The zero-order valence-electron chi connectivity index (χ0n) is 24.8. The second-order valence-corrected chi connectivity index (χ2v) is 12.1. The zero-order chi connectivity index (χ0) is 32.1. The molecule has 236 valence electrons. The van der Waals surface area contributed by atoms with Gasteiger partial charge >= 0.3 is 11.9 Å². The van der Waals surface area contributed by atoms with Gasteiger partial charge in [0.25, 0.3) is 0 Å². The maximum Gasteiger partial charge on any atom is 0.306 e. The molecule has 0 fully saturated rings. The highest BCUT2D eigenvalue weighted by molar-refractivity contribution is 7.20. The van der Waals surface area contributed by atoms with E-state index in [4.69, 9.17) is 40.8 Å². The molecule has 4 rings (SSSR count). The summed E-state index contributed by atoms with van der Waals surface area (Å²) in [4.78, 5) is 49.6. The minimum absolute atomic E-state index is 0.0792. The van der Waals surface area contributed by atoms with Crippen molar-refractivity contribution in [3.8, 4) is 23.0 Å². The molecular formula is C31H34ClNO10S. The standard InChI is InChI=1S/C31H34ClNO10S/c1-16(30(36)37)8-21(34)26-12-18-10-23(22(40-3)13-25(18)44-26)42-6-5-7-43-29-24(41-4)11-19-14-33(15-20(19)28(29)32)27(35)9-17(2)31(38)39/h10-13,16-17H,5-9,14-15H2,1-4H3,(H,36,37)(H,38,39)/t16-,17-/m0/s1. The van der Waals surface area contributed by atoms with Crippen molar-refractivity contribution in [2.45, 2.75) is 46.2 Å². The van der Waals surface area contributed by atoms with Gasteiger partial charge in [0.1, 0.15) is 0 Å². The molecule has 0 saturated heterocycles. The summed E-state index contributed by atoms with van der Waals surface area (Å²) >= 11 is 7.98. The summed E-state index contributed by atoms with van der Waals surface area (Å²) in [5.41, 5.74) is 1.55. The third-order valence-electron chi connectivity index (χ3n) is 7.35. The lowest BCUT2D eigenvalue weighted by Crippen LogP contribution is -2.28.